The molecule has 0 saturated carbocycles. The number of rotatable bonds is 2. The average Bonchev–Trinajstić information content (AvgIpc) is 2.39. The lowest BCUT2D eigenvalue weighted by Gasteiger charge is -2.01. The zero-order valence-electron chi connectivity index (χ0n) is 10.9. The van der Waals surface area contributed by atoms with Crippen LogP contribution in [0, 0.1) is 0 Å². The molecular formula is C16H22. The molecule has 1 rings (SSSR count). The van der Waals surface area contributed by atoms with Crippen LogP contribution < -0.4 is 10.4 Å². The van der Waals surface area contributed by atoms with Gasteiger partial charge in [-0.15, -0.1) is 0 Å². The molecule has 0 atom stereocenters. The lowest BCUT2D eigenvalue weighted by Crippen LogP contribution is -2.24. The van der Waals surface area contributed by atoms with E-state index in [9.17, 15) is 0 Å². The fourth-order valence-corrected chi connectivity index (χ4v) is 1.52. The summed E-state index contributed by atoms with van der Waals surface area (Å²) in [5.41, 5.74) is 2.28. The van der Waals surface area contributed by atoms with Crippen LogP contribution in [-0.2, 0) is 0 Å². The molecule has 0 aliphatic rings. The third kappa shape index (κ3) is 3.23. The molecule has 0 aliphatic carbocycles. The van der Waals surface area contributed by atoms with Crippen LogP contribution >= 0.6 is 0 Å². The highest BCUT2D eigenvalue weighted by Crippen LogP contribution is 2.06. The normalized spacial score (nSPS) is 11.8. The smallest absolute Gasteiger partial charge is 0.0184 e. The van der Waals surface area contributed by atoms with Crippen LogP contribution in [-0.4, -0.2) is 0 Å². The quantitative estimate of drug-likeness (QED) is 0.705. The maximum absolute atomic E-state index is 3.80. The van der Waals surface area contributed by atoms with Gasteiger partial charge in [-0.2, -0.15) is 0 Å². The fourth-order valence-electron chi connectivity index (χ4n) is 1.52. The minimum Gasteiger partial charge on any atom is -0.0984 e. The summed E-state index contributed by atoms with van der Waals surface area (Å²) in [4.78, 5) is 0. The van der Waals surface area contributed by atoms with Crippen molar-refractivity contribution < 1.29 is 0 Å². The van der Waals surface area contributed by atoms with Gasteiger partial charge < -0.3 is 0 Å². The van der Waals surface area contributed by atoms with Crippen molar-refractivity contribution in [1.82, 2.24) is 0 Å². The van der Waals surface area contributed by atoms with Crippen molar-refractivity contribution >= 4 is 24.3 Å². The molecule has 0 fully saturated rings. The van der Waals surface area contributed by atoms with Gasteiger partial charge in [-0.1, -0.05) is 51.3 Å². The van der Waals surface area contributed by atoms with Crippen LogP contribution in [0.4, 0.5) is 0 Å². The first kappa shape index (κ1) is 14.4. The molecule has 0 aliphatic heterocycles. The fraction of sp³-hybridized carbons (Fsp3) is 0.250. The van der Waals surface area contributed by atoms with Gasteiger partial charge in [-0.05, 0) is 47.5 Å². The highest BCUT2D eigenvalue weighted by atomic mass is 14.0. The molecule has 0 bridgehead atoms. The SMILES string of the molecule is C=Cc1cc(=C/C)/c(=C\C)cc1C=C.CC. The van der Waals surface area contributed by atoms with E-state index < -0.39 is 0 Å². The van der Waals surface area contributed by atoms with Crippen molar-refractivity contribution in [2.75, 3.05) is 0 Å². The van der Waals surface area contributed by atoms with Gasteiger partial charge >= 0.3 is 0 Å². The van der Waals surface area contributed by atoms with Crippen LogP contribution in [0.25, 0.3) is 24.3 Å². The topological polar surface area (TPSA) is 0 Å². The third-order valence-corrected chi connectivity index (χ3v) is 2.35. The molecule has 0 N–H and O–H groups in total. The summed E-state index contributed by atoms with van der Waals surface area (Å²) in [7, 11) is 0. The standard InChI is InChI=1S/C14H16.C2H6/c1-5-11-9-13(7-3)14(8-4)10-12(11)6-2;1-2/h5-10H,1-2H2,3-4H3;1-2H3/b13-7-,14-8-;. The van der Waals surface area contributed by atoms with Crippen LogP contribution in [0.2, 0.25) is 0 Å². The van der Waals surface area contributed by atoms with Crippen LogP contribution in [0.15, 0.2) is 25.3 Å². The van der Waals surface area contributed by atoms with Gasteiger partial charge in [0.05, 0.1) is 0 Å². The Balaban J connectivity index is 0.00000106. The Labute approximate surface area is 99.3 Å². The largest absolute Gasteiger partial charge is 0.0984 e. The zero-order chi connectivity index (χ0) is 12.6. The Bertz CT molecular complexity index is 417. The second-order valence-corrected chi connectivity index (χ2v) is 3.10. The first-order chi connectivity index (χ1) is 7.76. The Hall–Kier alpha value is -1.56. The van der Waals surface area contributed by atoms with E-state index in [1.165, 1.54) is 10.4 Å². The molecule has 0 aromatic heterocycles. The molecule has 1 aromatic rings. The summed E-state index contributed by atoms with van der Waals surface area (Å²) in [6, 6.07) is 4.28. The van der Waals surface area contributed by atoms with Gasteiger partial charge in [0.1, 0.15) is 0 Å². The van der Waals surface area contributed by atoms with Gasteiger partial charge in [0.15, 0.2) is 0 Å². The Kier molecular flexibility index (Phi) is 6.95. The number of hydrogen-bond acceptors (Lipinski definition) is 0. The van der Waals surface area contributed by atoms with Crippen molar-refractivity contribution in [3.8, 4) is 0 Å². The van der Waals surface area contributed by atoms with E-state index in [1.54, 1.807) is 0 Å². The van der Waals surface area contributed by atoms with Crippen molar-refractivity contribution in [2.45, 2.75) is 27.7 Å². The van der Waals surface area contributed by atoms with Crippen LogP contribution in [0.1, 0.15) is 38.8 Å². The van der Waals surface area contributed by atoms with Gasteiger partial charge in [-0.3, -0.25) is 0 Å². The van der Waals surface area contributed by atoms with E-state index >= 15 is 0 Å². The zero-order valence-corrected chi connectivity index (χ0v) is 10.9. The summed E-state index contributed by atoms with van der Waals surface area (Å²) in [6.45, 7) is 15.7. The molecule has 86 valence electrons. The molecule has 1 aromatic carbocycles. The van der Waals surface area contributed by atoms with Crippen LogP contribution in [0.3, 0.4) is 0 Å². The van der Waals surface area contributed by atoms with Gasteiger partial charge in [0, 0.05) is 0 Å². The van der Waals surface area contributed by atoms with E-state index in [-0.39, 0.29) is 0 Å². The van der Waals surface area contributed by atoms with Crippen molar-refractivity contribution in [2.24, 2.45) is 0 Å². The third-order valence-electron chi connectivity index (χ3n) is 2.35. The minimum absolute atomic E-state index is 1.14. The second kappa shape index (κ2) is 7.70. The Morgan fingerprint density at radius 3 is 1.31 bits per heavy atom. The minimum atomic E-state index is 1.14. The lowest BCUT2D eigenvalue weighted by atomic mass is 10.0. The Morgan fingerprint density at radius 1 is 0.812 bits per heavy atom. The predicted octanol–water partition coefficient (Wildman–Crippen LogP) is 3.60. The molecule has 0 nitrogen and oxygen atoms in total. The molecule has 16 heavy (non-hydrogen) atoms. The average molecular weight is 214 g/mol. The number of benzene rings is 1. The van der Waals surface area contributed by atoms with Gasteiger partial charge in [0.25, 0.3) is 0 Å². The van der Waals surface area contributed by atoms with Crippen LogP contribution in [0.5, 0.6) is 0 Å². The highest BCUT2D eigenvalue weighted by Gasteiger charge is 1.95. The lowest BCUT2D eigenvalue weighted by molar-refractivity contribution is 1.46. The molecule has 0 amide bonds. The summed E-state index contributed by atoms with van der Waals surface area (Å²) in [6.07, 6.45) is 7.94. The maximum Gasteiger partial charge on any atom is -0.0184 e. The highest BCUT2D eigenvalue weighted by molar-refractivity contribution is 5.64. The molecule has 0 radical (unpaired) electrons. The molecule has 0 heterocycles. The van der Waals surface area contributed by atoms with E-state index in [0.29, 0.717) is 0 Å². The van der Waals surface area contributed by atoms with Gasteiger partial charge in [0.2, 0.25) is 0 Å². The Morgan fingerprint density at radius 2 is 1.12 bits per heavy atom. The number of hydrogen-bond donors (Lipinski definition) is 0. The summed E-state index contributed by atoms with van der Waals surface area (Å²) in [5.74, 6) is 0. The van der Waals surface area contributed by atoms with Crippen molar-refractivity contribution in [3.63, 3.8) is 0 Å². The predicted molar refractivity (Wildman–Crippen MR) is 77.5 cm³/mol. The van der Waals surface area contributed by atoms with Gasteiger partial charge in [-0.25, -0.2) is 0 Å². The summed E-state index contributed by atoms with van der Waals surface area (Å²) in [5, 5.41) is 2.49. The van der Waals surface area contributed by atoms with E-state index in [4.69, 9.17) is 0 Å². The molecular weight excluding hydrogens is 192 g/mol. The second-order valence-electron chi connectivity index (χ2n) is 3.10. The first-order valence-corrected chi connectivity index (χ1v) is 5.78. The van der Waals surface area contributed by atoms with E-state index in [0.717, 1.165) is 11.1 Å². The first-order valence-electron chi connectivity index (χ1n) is 5.78. The van der Waals surface area contributed by atoms with Crippen molar-refractivity contribution in [1.29, 1.82) is 0 Å². The van der Waals surface area contributed by atoms with E-state index in [1.807, 2.05) is 39.8 Å². The molecule has 0 saturated heterocycles. The maximum atomic E-state index is 3.80. The van der Waals surface area contributed by atoms with Crippen molar-refractivity contribution in [3.05, 3.63) is 46.9 Å². The molecule has 0 unspecified atom stereocenters. The monoisotopic (exact) mass is 214 g/mol. The summed E-state index contributed by atoms with van der Waals surface area (Å²) >= 11 is 0. The molecule has 0 heteroatoms. The van der Waals surface area contributed by atoms with E-state index in [2.05, 4.69) is 37.4 Å². The summed E-state index contributed by atoms with van der Waals surface area (Å²) < 4.78 is 0. The molecule has 0 spiro atoms.